The van der Waals surface area contributed by atoms with Crippen molar-refractivity contribution in [1.82, 2.24) is 0 Å². The molecule has 5 nitrogen and oxygen atoms in total. The number of aliphatic carboxylic acids is 1. The number of nitrogens with one attached hydrogen (secondary N) is 1. The Morgan fingerprint density at radius 3 is 2.33 bits per heavy atom. The minimum atomic E-state index is -1.17. The van der Waals surface area contributed by atoms with Crippen molar-refractivity contribution in [3.63, 3.8) is 0 Å². The molecule has 0 fully saturated rings. The Bertz CT molecular complexity index is 498. The predicted octanol–water partition coefficient (Wildman–Crippen LogP) is 1.90. The van der Waals surface area contributed by atoms with Crippen LogP contribution in [0, 0.1) is 11.3 Å². The van der Waals surface area contributed by atoms with Crippen LogP contribution in [0.15, 0.2) is 24.3 Å². The average molecular weight is 246 g/mol. The third-order valence-electron chi connectivity index (χ3n) is 2.48. The fourth-order valence-corrected chi connectivity index (χ4v) is 1.38. The van der Waals surface area contributed by atoms with Gasteiger partial charge in [-0.15, -0.1) is 0 Å². The van der Waals surface area contributed by atoms with Gasteiger partial charge >= 0.3 is 5.97 Å². The van der Waals surface area contributed by atoms with Crippen LogP contribution in [0.2, 0.25) is 0 Å². The first kappa shape index (κ1) is 13.7. The zero-order valence-corrected chi connectivity index (χ0v) is 10.2. The summed E-state index contributed by atoms with van der Waals surface area (Å²) in [4.78, 5) is 21.5. The number of hydrogen-bond acceptors (Lipinski definition) is 3. The van der Waals surface area contributed by atoms with E-state index in [2.05, 4.69) is 11.4 Å². The van der Waals surface area contributed by atoms with Crippen molar-refractivity contribution in [2.24, 2.45) is 0 Å². The molecule has 2 N–H and O–H groups in total. The van der Waals surface area contributed by atoms with E-state index in [0.717, 1.165) is 5.56 Å². The molecular weight excluding hydrogens is 232 g/mol. The van der Waals surface area contributed by atoms with Crippen LogP contribution in [0.4, 0.5) is 5.69 Å². The highest BCUT2D eigenvalue weighted by Crippen LogP contribution is 2.23. The summed E-state index contributed by atoms with van der Waals surface area (Å²) >= 11 is 0. The largest absolute Gasteiger partial charge is 0.481 e. The summed E-state index contributed by atoms with van der Waals surface area (Å²) in [6.45, 7) is 3.59. The molecule has 0 atom stereocenters. The zero-order chi connectivity index (χ0) is 13.8. The second kappa shape index (κ2) is 5.32. The second-order valence-electron chi connectivity index (χ2n) is 4.43. The van der Waals surface area contributed by atoms with Gasteiger partial charge in [0.25, 0.3) is 0 Å². The van der Waals surface area contributed by atoms with E-state index in [1.54, 1.807) is 38.1 Å². The quantitative estimate of drug-likeness (QED) is 0.794. The molecule has 0 saturated carbocycles. The number of hydrogen-bond donors (Lipinski definition) is 2. The zero-order valence-electron chi connectivity index (χ0n) is 10.2. The van der Waals surface area contributed by atoms with E-state index in [9.17, 15) is 9.59 Å². The molecule has 18 heavy (non-hydrogen) atoms. The van der Waals surface area contributed by atoms with Gasteiger partial charge in [0.2, 0.25) is 5.91 Å². The fourth-order valence-electron chi connectivity index (χ4n) is 1.38. The third-order valence-corrected chi connectivity index (χ3v) is 2.48. The fraction of sp³-hybridized carbons (Fsp3) is 0.308. The summed E-state index contributed by atoms with van der Waals surface area (Å²) in [5, 5.41) is 19.9. The van der Waals surface area contributed by atoms with E-state index in [0.29, 0.717) is 5.69 Å². The SMILES string of the molecule is CC(C)(C#N)c1ccc(NC(=O)CC(=O)O)cc1. The average Bonchev–Trinajstić information content (AvgIpc) is 2.28. The maximum absolute atomic E-state index is 11.2. The molecule has 0 unspecified atom stereocenters. The van der Waals surface area contributed by atoms with Crippen LogP contribution in [-0.2, 0) is 15.0 Å². The maximum Gasteiger partial charge on any atom is 0.312 e. The first-order chi connectivity index (χ1) is 8.35. The van der Waals surface area contributed by atoms with Gasteiger partial charge in [-0.3, -0.25) is 9.59 Å². The minimum Gasteiger partial charge on any atom is -0.481 e. The van der Waals surface area contributed by atoms with E-state index in [-0.39, 0.29) is 0 Å². The van der Waals surface area contributed by atoms with Gasteiger partial charge in [-0.2, -0.15) is 5.26 Å². The van der Waals surface area contributed by atoms with Crippen molar-refractivity contribution >= 4 is 17.6 Å². The Balaban J connectivity index is 2.76. The van der Waals surface area contributed by atoms with Gasteiger partial charge < -0.3 is 10.4 Å². The van der Waals surface area contributed by atoms with Gasteiger partial charge in [-0.05, 0) is 31.5 Å². The van der Waals surface area contributed by atoms with E-state index < -0.39 is 23.7 Å². The van der Waals surface area contributed by atoms with Crippen LogP contribution < -0.4 is 5.32 Å². The van der Waals surface area contributed by atoms with Gasteiger partial charge in [0.05, 0.1) is 11.5 Å². The summed E-state index contributed by atoms with van der Waals surface area (Å²) in [5.74, 6) is -1.75. The molecule has 1 aromatic rings. The minimum absolute atomic E-state index is 0.513. The predicted molar refractivity (Wildman–Crippen MR) is 66.0 cm³/mol. The van der Waals surface area contributed by atoms with Crippen molar-refractivity contribution in [2.75, 3.05) is 5.32 Å². The molecule has 0 bridgehead atoms. The molecule has 0 aromatic heterocycles. The number of anilines is 1. The summed E-state index contributed by atoms with van der Waals surface area (Å²) in [6, 6.07) is 8.94. The second-order valence-corrected chi connectivity index (χ2v) is 4.43. The summed E-state index contributed by atoms with van der Waals surface area (Å²) in [5.41, 5.74) is 0.754. The lowest BCUT2D eigenvalue weighted by Crippen LogP contribution is -2.17. The molecule has 94 valence electrons. The van der Waals surface area contributed by atoms with E-state index in [1.807, 2.05) is 0 Å². The van der Waals surface area contributed by atoms with Crippen LogP contribution in [-0.4, -0.2) is 17.0 Å². The first-order valence-electron chi connectivity index (χ1n) is 5.38. The maximum atomic E-state index is 11.2. The van der Waals surface area contributed by atoms with Crippen molar-refractivity contribution < 1.29 is 14.7 Å². The highest BCUT2D eigenvalue weighted by molar-refractivity contribution is 6.01. The number of nitrogens with zero attached hydrogens (tertiary/aromatic N) is 1. The third kappa shape index (κ3) is 3.59. The van der Waals surface area contributed by atoms with Crippen LogP contribution in [0.25, 0.3) is 0 Å². The molecule has 0 aliphatic carbocycles. The molecule has 0 aliphatic heterocycles. The number of benzene rings is 1. The number of amides is 1. The van der Waals surface area contributed by atoms with Gasteiger partial charge in [0, 0.05) is 5.69 Å². The summed E-state index contributed by atoms with van der Waals surface area (Å²) in [6.07, 6.45) is -0.564. The van der Waals surface area contributed by atoms with E-state index in [4.69, 9.17) is 10.4 Å². The lowest BCUT2D eigenvalue weighted by molar-refractivity contribution is -0.139. The molecule has 0 saturated heterocycles. The molecule has 0 heterocycles. The first-order valence-corrected chi connectivity index (χ1v) is 5.38. The van der Waals surface area contributed by atoms with Gasteiger partial charge in [-0.25, -0.2) is 0 Å². The molecule has 5 heteroatoms. The Kier molecular flexibility index (Phi) is 4.05. The highest BCUT2D eigenvalue weighted by atomic mass is 16.4. The standard InChI is InChI=1S/C13H14N2O3/c1-13(2,8-14)9-3-5-10(6-4-9)15-11(16)7-12(17)18/h3-6H,7H2,1-2H3,(H,15,16)(H,17,18). The summed E-state index contributed by atoms with van der Waals surface area (Å²) in [7, 11) is 0. The summed E-state index contributed by atoms with van der Waals surface area (Å²) < 4.78 is 0. The molecule has 1 rings (SSSR count). The number of nitriles is 1. The normalized spacial score (nSPS) is 10.5. The molecule has 0 radical (unpaired) electrons. The van der Waals surface area contributed by atoms with Gasteiger partial charge in [0.15, 0.2) is 0 Å². The number of carbonyl (C=O) groups is 2. The smallest absolute Gasteiger partial charge is 0.312 e. The highest BCUT2D eigenvalue weighted by Gasteiger charge is 2.19. The van der Waals surface area contributed by atoms with Crippen LogP contribution in [0.1, 0.15) is 25.8 Å². The number of carboxylic acids is 1. The van der Waals surface area contributed by atoms with E-state index in [1.165, 1.54) is 0 Å². The van der Waals surface area contributed by atoms with Crippen molar-refractivity contribution in [3.05, 3.63) is 29.8 Å². The van der Waals surface area contributed by atoms with Crippen LogP contribution in [0.5, 0.6) is 0 Å². The lowest BCUT2D eigenvalue weighted by Gasteiger charge is -2.16. The van der Waals surface area contributed by atoms with Gasteiger partial charge in [-0.1, -0.05) is 12.1 Å². The molecule has 0 aliphatic rings. The molecule has 1 amide bonds. The van der Waals surface area contributed by atoms with Crippen LogP contribution >= 0.6 is 0 Å². The Hall–Kier alpha value is -2.35. The molecule has 1 aromatic carbocycles. The van der Waals surface area contributed by atoms with E-state index >= 15 is 0 Å². The lowest BCUT2D eigenvalue weighted by atomic mass is 9.86. The Morgan fingerprint density at radius 1 is 1.33 bits per heavy atom. The van der Waals surface area contributed by atoms with Gasteiger partial charge in [0.1, 0.15) is 6.42 Å². The van der Waals surface area contributed by atoms with Crippen LogP contribution in [0.3, 0.4) is 0 Å². The van der Waals surface area contributed by atoms with Crippen molar-refractivity contribution in [2.45, 2.75) is 25.7 Å². The Labute approximate surface area is 105 Å². The topological polar surface area (TPSA) is 90.2 Å². The number of carbonyl (C=O) groups excluding carboxylic acids is 1. The van der Waals surface area contributed by atoms with Crippen molar-refractivity contribution in [3.8, 4) is 6.07 Å². The number of carboxylic acid groups (broad SMARTS) is 1. The monoisotopic (exact) mass is 246 g/mol. The van der Waals surface area contributed by atoms with Crippen molar-refractivity contribution in [1.29, 1.82) is 5.26 Å². The number of rotatable bonds is 4. The Morgan fingerprint density at radius 2 is 1.89 bits per heavy atom. The molecule has 0 spiro atoms. The molecular formula is C13H14N2O3.